The van der Waals surface area contributed by atoms with Crippen LogP contribution < -0.4 is 10.6 Å². The lowest BCUT2D eigenvalue weighted by molar-refractivity contribution is 0.127. The summed E-state index contributed by atoms with van der Waals surface area (Å²) >= 11 is 5.66. The lowest BCUT2D eigenvalue weighted by Crippen LogP contribution is -2.49. The summed E-state index contributed by atoms with van der Waals surface area (Å²) in [5.41, 5.74) is -0.136. The van der Waals surface area contributed by atoms with Gasteiger partial charge in [-0.2, -0.15) is 0 Å². The topological polar surface area (TPSA) is 46.2 Å². The first kappa shape index (κ1) is 13.5. The van der Waals surface area contributed by atoms with Gasteiger partial charge >= 0.3 is 0 Å². The summed E-state index contributed by atoms with van der Waals surface area (Å²) in [4.78, 5) is 3.94. The molecule has 1 atom stereocenters. The third kappa shape index (κ3) is 3.10. The summed E-state index contributed by atoms with van der Waals surface area (Å²) in [5, 5.41) is 6.72. The summed E-state index contributed by atoms with van der Waals surface area (Å²) in [6.07, 6.45) is 3.53. The summed E-state index contributed by atoms with van der Waals surface area (Å²) < 4.78 is 18.8. The van der Waals surface area contributed by atoms with Crippen LogP contribution >= 0.6 is 11.6 Å². The van der Waals surface area contributed by atoms with Gasteiger partial charge < -0.3 is 15.4 Å². The molecule has 2 N–H and O–H groups in total. The molecule has 1 aromatic heterocycles. The van der Waals surface area contributed by atoms with E-state index < -0.39 is 5.82 Å². The molecule has 0 aliphatic carbocycles. The molecule has 0 aromatic carbocycles. The van der Waals surface area contributed by atoms with Gasteiger partial charge in [0.2, 0.25) is 0 Å². The second-order valence-electron chi connectivity index (χ2n) is 4.58. The van der Waals surface area contributed by atoms with Gasteiger partial charge in [-0.25, -0.2) is 9.37 Å². The second kappa shape index (κ2) is 5.82. The highest BCUT2D eigenvalue weighted by atomic mass is 35.5. The SMILES string of the molecule is COCC1(CNc2ncc(Cl)cc2F)CCCN1. The molecule has 1 saturated heterocycles. The summed E-state index contributed by atoms with van der Waals surface area (Å²) in [6, 6.07) is 1.25. The Hall–Kier alpha value is -0.910. The molecule has 2 heterocycles. The Balaban J connectivity index is 2.01. The van der Waals surface area contributed by atoms with Crippen molar-refractivity contribution in [3.63, 3.8) is 0 Å². The highest BCUT2D eigenvalue weighted by Gasteiger charge is 2.33. The van der Waals surface area contributed by atoms with Gasteiger partial charge in [0.1, 0.15) is 0 Å². The number of methoxy groups -OCH3 is 1. The van der Waals surface area contributed by atoms with Gasteiger partial charge in [-0.15, -0.1) is 0 Å². The van der Waals surface area contributed by atoms with Gasteiger partial charge in [0.15, 0.2) is 11.6 Å². The number of rotatable bonds is 5. The third-order valence-corrected chi connectivity index (χ3v) is 3.36. The van der Waals surface area contributed by atoms with E-state index in [1.54, 1.807) is 7.11 Å². The van der Waals surface area contributed by atoms with Crippen LogP contribution in [-0.2, 0) is 4.74 Å². The number of nitrogens with one attached hydrogen (secondary N) is 2. The minimum atomic E-state index is -0.437. The second-order valence-corrected chi connectivity index (χ2v) is 5.02. The van der Waals surface area contributed by atoms with Gasteiger partial charge in [-0.3, -0.25) is 0 Å². The fourth-order valence-electron chi connectivity index (χ4n) is 2.27. The van der Waals surface area contributed by atoms with E-state index in [9.17, 15) is 4.39 Å². The monoisotopic (exact) mass is 273 g/mol. The quantitative estimate of drug-likeness (QED) is 0.862. The smallest absolute Gasteiger partial charge is 0.166 e. The lowest BCUT2D eigenvalue weighted by atomic mass is 9.99. The Labute approximate surface area is 111 Å². The van der Waals surface area contributed by atoms with Crippen molar-refractivity contribution < 1.29 is 9.13 Å². The average Bonchev–Trinajstić information content (AvgIpc) is 2.77. The van der Waals surface area contributed by atoms with Crippen molar-refractivity contribution in [3.05, 3.63) is 23.1 Å². The van der Waals surface area contributed by atoms with Gasteiger partial charge in [0.05, 0.1) is 17.2 Å². The van der Waals surface area contributed by atoms with Crippen molar-refractivity contribution in [2.75, 3.05) is 32.1 Å². The van der Waals surface area contributed by atoms with E-state index in [4.69, 9.17) is 16.3 Å². The largest absolute Gasteiger partial charge is 0.383 e. The molecule has 1 aliphatic heterocycles. The van der Waals surface area contributed by atoms with Crippen LogP contribution in [0, 0.1) is 5.82 Å². The molecule has 1 aromatic rings. The van der Waals surface area contributed by atoms with E-state index in [-0.39, 0.29) is 11.4 Å². The molecular weight excluding hydrogens is 257 g/mol. The molecule has 4 nitrogen and oxygen atoms in total. The van der Waals surface area contributed by atoms with E-state index in [2.05, 4.69) is 15.6 Å². The molecule has 1 fully saturated rings. The number of ether oxygens (including phenoxy) is 1. The van der Waals surface area contributed by atoms with Crippen LogP contribution in [-0.4, -0.2) is 37.3 Å². The van der Waals surface area contributed by atoms with Crippen molar-refractivity contribution in [2.45, 2.75) is 18.4 Å². The van der Waals surface area contributed by atoms with E-state index in [1.807, 2.05) is 0 Å². The Bertz CT molecular complexity index is 410. The number of halogens is 2. The minimum Gasteiger partial charge on any atom is -0.383 e. The van der Waals surface area contributed by atoms with E-state index >= 15 is 0 Å². The highest BCUT2D eigenvalue weighted by Crippen LogP contribution is 2.22. The first-order valence-corrected chi connectivity index (χ1v) is 6.32. The van der Waals surface area contributed by atoms with Crippen LogP contribution in [0.4, 0.5) is 10.2 Å². The van der Waals surface area contributed by atoms with Crippen molar-refractivity contribution in [1.82, 2.24) is 10.3 Å². The van der Waals surface area contributed by atoms with Crippen LogP contribution in [0.15, 0.2) is 12.3 Å². The molecular formula is C12H17ClFN3O. The predicted octanol–water partition coefficient (Wildman–Crippen LogP) is 2.05. The fourth-order valence-corrected chi connectivity index (χ4v) is 2.41. The van der Waals surface area contributed by atoms with Gasteiger partial charge in [-0.05, 0) is 25.5 Å². The number of anilines is 1. The maximum atomic E-state index is 13.6. The summed E-state index contributed by atoms with van der Waals surface area (Å²) in [5.74, 6) is -0.211. The standard InChI is InChI=1S/C12H17ClFN3O/c1-18-8-12(3-2-4-17-12)7-16-11-10(14)5-9(13)6-15-11/h5-6,17H,2-4,7-8H2,1H3,(H,15,16). The fraction of sp³-hybridized carbons (Fsp3) is 0.583. The number of hydrogen-bond donors (Lipinski definition) is 2. The zero-order chi connectivity index (χ0) is 13.0. The normalized spacial score (nSPS) is 23.3. The summed E-state index contributed by atoms with van der Waals surface area (Å²) in [6.45, 7) is 2.13. The Morgan fingerprint density at radius 3 is 3.11 bits per heavy atom. The van der Waals surface area contributed by atoms with Crippen LogP contribution in [0.25, 0.3) is 0 Å². The number of pyridine rings is 1. The van der Waals surface area contributed by atoms with Crippen LogP contribution in [0.2, 0.25) is 5.02 Å². The molecule has 0 saturated carbocycles. The van der Waals surface area contributed by atoms with Crippen molar-refractivity contribution in [2.24, 2.45) is 0 Å². The molecule has 1 aliphatic rings. The van der Waals surface area contributed by atoms with Gasteiger partial charge in [-0.1, -0.05) is 11.6 Å². The molecule has 18 heavy (non-hydrogen) atoms. The van der Waals surface area contributed by atoms with Crippen molar-refractivity contribution in [3.8, 4) is 0 Å². The average molecular weight is 274 g/mol. The molecule has 2 rings (SSSR count). The molecule has 0 amide bonds. The maximum absolute atomic E-state index is 13.6. The molecule has 0 spiro atoms. The van der Waals surface area contributed by atoms with Crippen molar-refractivity contribution >= 4 is 17.4 Å². The third-order valence-electron chi connectivity index (χ3n) is 3.15. The predicted molar refractivity (Wildman–Crippen MR) is 69.5 cm³/mol. The maximum Gasteiger partial charge on any atom is 0.166 e. The molecule has 1 unspecified atom stereocenters. The van der Waals surface area contributed by atoms with Crippen LogP contribution in [0.5, 0.6) is 0 Å². The first-order valence-electron chi connectivity index (χ1n) is 5.94. The Kier molecular flexibility index (Phi) is 4.37. The van der Waals surface area contributed by atoms with E-state index in [0.29, 0.717) is 18.2 Å². The Morgan fingerprint density at radius 1 is 1.67 bits per heavy atom. The van der Waals surface area contributed by atoms with Crippen LogP contribution in [0.3, 0.4) is 0 Å². The number of aromatic nitrogens is 1. The molecule has 0 bridgehead atoms. The number of nitrogens with zero attached hydrogens (tertiary/aromatic N) is 1. The zero-order valence-electron chi connectivity index (χ0n) is 10.3. The zero-order valence-corrected chi connectivity index (χ0v) is 11.1. The van der Waals surface area contributed by atoms with Gasteiger partial charge in [0.25, 0.3) is 0 Å². The van der Waals surface area contributed by atoms with E-state index in [1.165, 1.54) is 12.3 Å². The molecule has 100 valence electrons. The lowest BCUT2D eigenvalue weighted by Gasteiger charge is -2.29. The molecule has 0 radical (unpaired) electrons. The summed E-state index contributed by atoms with van der Waals surface area (Å²) in [7, 11) is 1.67. The van der Waals surface area contributed by atoms with E-state index in [0.717, 1.165) is 19.4 Å². The van der Waals surface area contributed by atoms with Crippen LogP contribution in [0.1, 0.15) is 12.8 Å². The van der Waals surface area contributed by atoms with Crippen molar-refractivity contribution in [1.29, 1.82) is 0 Å². The minimum absolute atomic E-state index is 0.136. The van der Waals surface area contributed by atoms with Gasteiger partial charge in [0, 0.05) is 19.9 Å². The Morgan fingerprint density at radius 2 is 2.50 bits per heavy atom. The molecule has 6 heteroatoms. The first-order chi connectivity index (χ1) is 8.65. The number of hydrogen-bond acceptors (Lipinski definition) is 4. The highest BCUT2D eigenvalue weighted by molar-refractivity contribution is 6.30.